The molecule has 0 fully saturated rings. The summed E-state index contributed by atoms with van der Waals surface area (Å²) >= 11 is 0. The van der Waals surface area contributed by atoms with E-state index in [1.54, 1.807) is 0 Å². The predicted octanol–water partition coefficient (Wildman–Crippen LogP) is 0.152. The van der Waals surface area contributed by atoms with Crippen molar-refractivity contribution < 1.29 is 14.7 Å². The van der Waals surface area contributed by atoms with Crippen LogP contribution in [0.15, 0.2) is 12.7 Å². The lowest BCUT2D eigenvalue weighted by atomic mass is 10.2. The molecule has 1 atom stereocenters. The van der Waals surface area contributed by atoms with Crippen LogP contribution >= 0.6 is 0 Å². The molecule has 0 bridgehead atoms. The largest absolute Gasteiger partial charge is 0.480 e. The van der Waals surface area contributed by atoms with Crippen molar-refractivity contribution in [3.05, 3.63) is 12.7 Å². The Kier molecular flexibility index (Phi) is 3.95. The van der Waals surface area contributed by atoms with Crippen LogP contribution in [-0.2, 0) is 9.59 Å². The summed E-state index contributed by atoms with van der Waals surface area (Å²) in [5.74, 6) is -1.39. The summed E-state index contributed by atoms with van der Waals surface area (Å²) < 4.78 is 0. The molecule has 0 aromatic heterocycles. The Hall–Kier alpha value is -1.32. The van der Waals surface area contributed by atoms with Crippen molar-refractivity contribution in [3.63, 3.8) is 0 Å². The van der Waals surface area contributed by atoms with Crippen molar-refractivity contribution in [1.29, 1.82) is 0 Å². The molecule has 0 radical (unpaired) electrons. The number of nitrogens with one attached hydrogen (secondary N) is 1. The van der Waals surface area contributed by atoms with E-state index in [0.717, 1.165) is 0 Å². The van der Waals surface area contributed by atoms with Crippen molar-refractivity contribution in [2.75, 3.05) is 0 Å². The first-order chi connectivity index (χ1) is 5.07. The van der Waals surface area contributed by atoms with Gasteiger partial charge in [-0.3, -0.25) is 4.79 Å². The molecule has 4 nitrogen and oxygen atoms in total. The van der Waals surface area contributed by atoms with E-state index in [0.29, 0.717) is 0 Å². The van der Waals surface area contributed by atoms with E-state index in [4.69, 9.17) is 5.11 Å². The highest BCUT2D eigenvalue weighted by molar-refractivity contribution is 5.82. The second kappa shape index (κ2) is 4.49. The molecule has 0 aliphatic rings. The summed E-state index contributed by atoms with van der Waals surface area (Å²) in [6.45, 7) is 4.65. The molecule has 0 spiro atoms. The summed E-state index contributed by atoms with van der Waals surface area (Å²) in [6, 6.07) is -0.843. The summed E-state index contributed by atoms with van der Waals surface area (Å²) in [5, 5.41) is 10.8. The average Bonchev–Trinajstić information content (AvgIpc) is 1.86. The zero-order valence-electron chi connectivity index (χ0n) is 6.33. The molecule has 0 aromatic carbocycles. The van der Waals surface area contributed by atoms with Gasteiger partial charge < -0.3 is 10.4 Å². The maximum Gasteiger partial charge on any atom is 0.326 e. The third-order valence-corrected chi connectivity index (χ3v) is 1.08. The van der Waals surface area contributed by atoms with Crippen LogP contribution in [0.1, 0.15) is 13.3 Å². The van der Waals surface area contributed by atoms with E-state index in [1.165, 1.54) is 13.0 Å². The van der Waals surface area contributed by atoms with E-state index in [-0.39, 0.29) is 12.3 Å². The Bertz CT molecular complexity index is 177. The number of rotatable bonds is 4. The molecule has 0 unspecified atom stereocenters. The lowest BCUT2D eigenvalue weighted by Crippen LogP contribution is -2.39. The number of hydrogen-bond donors (Lipinski definition) is 2. The van der Waals surface area contributed by atoms with Crippen molar-refractivity contribution in [3.8, 4) is 0 Å². The van der Waals surface area contributed by atoms with Gasteiger partial charge in [-0.1, -0.05) is 6.08 Å². The molecular formula is C7H11NO3. The molecule has 0 rings (SSSR count). The number of carboxylic acids is 1. The fourth-order valence-corrected chi connectivity index (χ4v) is 0.634. The van der Waals surface area contributed by atoms with E-state index < -0.39 is 12.0 Å². The molecule has 0 aliphatic heterocycles. The van der Waals surface area contributed by atoms with Gasteiger partial charge in [0.05, 0.1) is 0 Å². The highest BCUT2D eigenvalue weighted by Gasteiger charge is 2.15. The number of carbonyl (C=O) groups excluding carboxylic acids is 1. The second-order valence-corrected chi connectivity index (χ2v) is 2.12. The second-order valence-electron chi connectivity index (χ2n) is 2.12. The smallest absolute Gasteiger partial charge is 0.326 e. The molecule has 0 heterocycles. The maximum atomic E-state index is 10.4. The van der Waals surface area contributed by atoms with Gasteiger partial charge in [-0.05, 0) is 6.42 Å². The summed E-state index contributed by atoms with van der Waals surface area (Å²) in [7, 11) is 0. The molecule has 2 N–H and O–H groups in total. The van der Waals surface area contributed by atoms with Crippen LogP contribution < -0.4 is 5.32 Å². The number of aliphatic carboxylic acids is 1. The van der Waals surface area contributed by atoms with Gasteiger partial charge in [0.15, 0.2) is 0 Å². The zero-order chi connectivity index (χ0) is 8.85. The minimum Gasteiger partial charge on any atom is -0.480 e. The SMILES string of the molecule is C=CC[C@@H](NC(C)=O)C(=O)O. The van der Waals surface area contributed by atoms with E-state index in [1.807, 2.05) is 0 Å². The summed E-state index contributed by atoms with van der Waals surface area (Å²) in [4.78, 5) is 20.8. The van der Waals surface area contributed by atoms with Crippen LogP contribution in [0.4, 0.5) is 0 Å². The zero-order valence-corrected chi connectivity index (χ0v) is 6.33. The molecule has 4 heteroatoms. The standard InChI is InChI=1S/C7H11NO3/c1-3-4-6(7(10)11)8-5(2)9/h3,6H,1,4H2,2H3,(H,8,9)(H,10,11)/t6-/m1/s1. The molecule has 0 saturated carbocycles. The Balaban J connectivity index is 3.99. The van der Waals surface area contributed by atoms with Crippen LogP contribution in [0.2, 0.25) is 0 Å². The van der Waals surface area contributed by atoms with Crippen molar-refractivity contribution in [2.45, 2.75) is 19.4 Å². The third kappa shape index (κ3) is 4.13. The van der Waals surface area contributed by atoms with Crippen molar-refractivity contribution in [2.24, 2.45) is 0 Å². The molecule has 1 amide bonds. The van der Waals surface area contributed by atoms with E-state index in [2.05, 4.69) is 11.9 Å². The fourth-order valence-electron chi connectivity index (χ4n) is 0.634. The number of amides is 1. The maximum absolute atomic E-state index is 10.4. The van der Waals surface area contributed by atoms with Crippen LogP contribution in [0, 0.1) is 0 Å². The van der Waals surface area contributed by atoms with Crippen LogP contribution in [0.3, 0.4) is 0 Å². The third-order valence-electron chi connectivity index (χ3n) is 1.08. The van der Waals surface area contributed by atoms with Crippen LogP contribution in [0.5, 0.6) is 0 Å². The Morgan fingerprint density at radius 2 is 2.27 bits per heavy atom. The normalized spacial score (nSPS) is 11.7. The molecule has 0 aromatic rings. The molecule has 0 aliphatic carbocycles. The quantitative estimate of drug-likeness (QED) is 0.571. The van der Waals surface area contributed by atoms with Gasteiger partial charge in [-0.2, -0.15) is 0 Å². The summed E-state index contributed by atoms with van der Waals surface area (Å²) in [6.07, 6.45) is 1.70. The molecule has 0 saturated heterocycles. The lowest BCUT2D eigenvalue weighted by Gasteiger charge is -2.09. The van der Waals surface area contributed by atoms with E-state index in [9.17, 15) is 9.59 Å². The van der Waals surface area contributed by atoms with Crippen LogP contribution in [0.25, 0.3) is 0 Å². The number of hydrogen-bond acceptors (Lipinski definition) is 2. The summed E-state index contributed by atoms with van der Waals surface area (Å²) in [5.41, 5.74) is 0. The Morgan fingerprint density at radius 3 is 2.55 bits per heavy atom. The first-order valence-electron chi connectivity index (χ1n) is 3.18. The lowest BCUT2D eigenvalue weighted by molar-refractivity contribution is -0.141. The van der Waals surface area contributed by atoms with Crippen molar-refractivity contribution in [1.82, 2.24) is 5.32 Å². The number of carbonyl (C=O) groups is 2. The van der Waals surface area contributed by atoms with Crippen molar-refractivity contribution >= 4 is 11.9 Å². The van der Waals surface area contributed by atoms with Gasteiger partial charge in [-0.25, -0.2) is 4.79 Å². The number of carboxylic acid groups (broad SMARTS) is 1. The highest BCUT2D eigenvalue weighted by Crippen LogP contribution is 1.92. The van der Waals surface area contributed by atoms with Gasteiger partial charge >= 0.3 is 5.97 Å². The minimum absolute atomic E-state index is 0.245. The minimum atomic E-state index is -1.04. The van der Waals surface area contributed by atoms with E-state index >= 15 is 0 Å². The first-order valence-corrected chi connectivity index (χ1v) is 3.18. The van der Waals surface area contributed by atoms with Gasteiger partial charge in [0, 0.05) is 6.92 Å². The Labute approximate surface area is 64.9 Å². The van der Waals surface area contributed by atoms with Gasteiger partial charge in [0.1, 0.15) is 6.04 Å². The molecular weight excluding hydrogens is 146 g/mol. The Morgan fingerprint density at radius 1 is 1.73 bits per heavy atom. The molecule has 11 heavy (non-hydrogen) atoms. The topological polar surface area (TPSA) is 66.4 Å². The van der Waals surface area contributed by atoms with Crippen LogP contribution in [-0.4, -0.2) is 23.0 Å². The monoisotopic (exact) mass is 157 g/mol. The highest BCUT2D eigenvalue weighted by atomic mass is 16.4. The molecule has 62 valence electrons. The van der Waals surface area contributed by atoms with Gasteiger partial charge in [-0.15, -0.1) is 6.58 Å². The van der Waals surface area contributed by atoms with Gasteiger partial charge in [0.25, 0.3) is 0 Å². The fraction of sp³-hybridized carbons (Fsp3) is 0.429. The first kappa shape index (κ1) is 9.68. The predicted molar refractivity (Wildman–Crippen MR) is 40.1 cm³/mol. The van der Waals surface area contributed by atoms with Gasteiger partial charge in [0.2, 0.25) is 5.91 Å². The average molecular weight is 157 g/mol.